The first-order chi connectivity index (χ1) is 8.98. The molecular formula is C15H29NO3. The van der Waals surface area contributed by atoms with Crippen molar-refractivity contribution in [1.29, 1.82) is 0 Å². The maximum absolute atomic E-state index is 11.7. The van der Waals surface area contributed by atoms with Crippen LogP contribution in [0.25, 0.3) is 0 Å². The molecule has 1 rings (SSSR count). The molecule has 0 radical (unpaired) electrons. The minimum atomic E-state index is -0.333. The van der Waals surface area contributed by atoms with Gasteiger partial charge >= 0.3 is 5.97 Å². The number of carbonyl (C=O) groups excluding carboxylic acids is 1. The fraction of sp³-hybridized carbons (Fsp3) is 0.933. The Kier molecular flexibility index (Phi) is 6.80. The van der Waals surface area contributed by atoms with Gasteiger partial charge < -0.3 is 14.8 Å². The molecule has 0 aromatic heterocycles. The maximum atomic E-state index is 11.7. The highest BCUT2D eigenvalue weighted by molar-refractivity contribution is 5.75. The molecule has 0 aromatic rings. The molecule has 0 aromatic carbocycles. The fourth-order valence-electron chi connectivity index (χ4n) is 2.47. The third kappa shape index (κ3) is 5.91. The SMILES string of the molecule is CCNC(COC1CCC(C)(C)CC1)C(=O)OCC. The van der Waals surface area contributed by atoms with Crippen LogP contribution in [0.15, 0.2) is 0 Å². The largest absolute Gasteiger partial charge is 0.465 e. The number of nitrogens with one attached hydrogen (secondary N) is 1. The molecule has 1 aliphatic carbocycles. The Morgan fingerprint density at radius 2 is 1.95 bits per heavy atom. The van der Waals surface area contributed by atoms with Crippen LogP contribution in [0.4, 0.5) is 0 Å². The van der Waals surface area contributed by atoms with Crippen molar-refractivity contribution in [2.75, 3.05) is 19.8 Å². The van der Waals surface area contributed by atoms with Gasteiger partial charge in [-0.15, -0.1) is 0 Å². The second kappa shape index (κ2) is 7.85. The van der Waals surface area contributed by atoms with Crippen molar-refractivity contribution in [1.82, 2.24) is 5.32 Å². The second-order valence-electron chi connectivity index (χ2n) is 6.06. The second-order valence-corrected chi connectivity index (χ2v) is 6.06. The van der Waals surface area contributed by atoms with E-state index in [1.165, 1.54) is 12.8 Å². The molecule has 1 atom stereocenters. The predicted octanol–water partition coefficient (Wildman–Crippen LogP) is 2.51. The smallest absolute Gasteiger partial charge is 0.325 e. The molecule has 19 heavy (non-hydrogen) atoms. The number of ether oxygens (including phenoxy) is 2. The quantitative estimate of drug-likeness (QED) is 0.723. The highest BCUT2D eigenvalue weighted by Gasteiger charge is 2.28. The lowest BCUT2D eigenvalue weighted by Gasteiger charge is -2.34. The molecule has 0 aliphatic heterocycles. The summed E-state index contributed by atoms with van der Waals surface area (Å²) in [5.74, 6) is -0.208. The van der Waals surface area contributed by atoms with Crippen LogP contribution in [0.1, 0.15) is 53.4 Å². The minimum absolute atomic E-state index is 0.208. The molecule has 0 saturated heterocycles. The van der Waals surface area contributed by atoms with Crippen LogP contribution >= 0.6 is 0 Å². The standard InChI is InChI=1S/C15H29NO3/c1-5-16-13(14(17)18-6-2)11-19-12-7-9-15(3,4)10-8-12/h12-13,16H,5-11H2,1-4H3. The van der Waals surface area contributed by atoms with Crippen molar-refractivity contribution in [2.45, 2.75) is 65.5 Å². The van der Waals surface area contributed by atoms with Crippen molar-refractivity contribution in [3.05, 3.63) is 0 Å². The average Bonchev–Trinajstić information content (AvgIpc) is 2.36. The summed E-state index contributed by atoms with van der Waals surface area (Å²) in [5.41, 5.74) is 0.446. The number of rotatable bonds is 7. The van der Waals surface area contributed by atoms with E-state index in [-0.39, 0.29) is 12.0 Å². The van der Waals surface area contributed by atoms with Gasteiger partial charge in [0.1, 0.15) is 6.04 Å². The lowest BCUT2D eigenvalue weighted by atomic mass is 9.76. The zero-order valence-corrected chi connectivity index (χ0v) is 12.8. The molecular weight excluding hydrogens is 242 g/mol. The number of hydrogen-bond donors (Lipinski definition) is 1. The van der Waals surface area contributed by atoms with Crippen LogP contribution < -0.4 is 5.32 Å². The molecule has 1 saturated carbocycles. The van der Waals surface area contributed by atoms with Gasteiger partial charge in [0.25, 0.3) is 0 Å². The van der Waals surface area contributed by atoms with Crippen LogP contribution in [0, 0.1) is 5.41 Å². The van der Waals surface area contributed by atoms with Gasteiger partial charge in [0.05, 0.1) is 19.3 Å². The van der Waals surface area contributed by atoms with Gasteiger partial charge in [-0.25, -0.2) is 0 Å². The van der Waals surface area contributed by atoms with E-state index in [1.807, 2.05) is 13.8 Å². The zero-order valence-electron chi connectivity index (χ0n) is 12.8. The monoisotopic (exact) mass is 271 g/mol. The summed E-state index contributed by atoms with van der Waals surface area (Å²) in [6.45, 7) is 9.99. The first-order valence-electron chi connectivity index (χ1n) is 7.50. The topological polar surface area (TPSA) is 47.6 Å². The summed E-state index contributed by atoms with van der Waals surface area (Å²) in [5, 5.41) is 3.12. The molecule has 0 amide bonds. The van der Waals surface area contributed by atoms with Crippen molar-refractivity contribution in [3.8, 4) is 0 Å². The van der Waals surface area contributed by atoms with E-state index in [4.69, 9.17) is 9.47 Å². The molecule has 4 heteroatoms. The van der Waals surface area contributed by atoms with E-state index in [1.54, 1.807) is 0 Å². The lowest BCUT2D eigenvalue weighted by Crippen LogP contribution is -2.43. The Bertz CT molecular complexity index is 269. The van der Waals surface area contributed by atoms with E-state index < -0.39 is 0 Å². The van der Waals surface area contributed by atoms with Crippen LogP contribution in [0.2, 0.25) is 0 Å². The third-order valence-electron chi connectivity index (χ3n) is 3.81. The molecule has 0 bridgehead atoms. The molecule has 0 spiro atoms. The Morgan fingerprint density at radius 1 is 1.32 bits per heavy atom. The van der Waals surface area contributed by atoms with Gasteiger partial charge in [-0.05, 0) is 44.6 Å². The first-order valence-corrected chi connectivity index (χ1v) is 7.50. The molecule has 1 aliphatic rings. The molecule has 4 nitrogen and oxygen atoms in total. The number of likely N-dealkylation sites (N-methyl/N-ethyl adjacent to an activating group) is 1. The summed E-state index contributed by atoms with van der Waals surface area (Å²) in [6.07, 6.45) is 4.87. The van der Waals surface area contributed by atoms with E-state index in [2.05, 4.69) is 19.2 Å². The lowest BCUT2D eigenvalue weighted by molar-refractivity contribution is -0.148. The molecule has 0 heterocycles. The maximum Gasteiger partial charge on any atom is 0.325 e. The first kappa shape index (κ1) is 16.4. The van der Waals surface area contributed by atoms with E-state index in [0.717, 1.165) is 19.4 Å². The Morgan fingerprint density at radius 3 is 2.47 bits per heavy atom. The van der Waals surface area contributed by atoms with Gasteiger partial charge in [0.2, 0.25) is 0 Å². The predicted molar refractivity (Wildman–Crippen MR) is 76.1 cm³/mol. The van der Waals surface area contributed by atoms with Gasteiger partial charge in [-0.1, -0.05) is 20.8 Å². The normalized spacial score (nSPS) is 21.1. The molecule has 112 valence electrons. The number of carbonyl (C=O) groups is 1. The zero-order chi connectivity index (χ0) is 14.3. The van der Waals surface area contributed by atoms with Gasteiger partial charge in [0.15, 0.2) is 0 Å². The minimum Gasteiger partial charge on any atom is -0.465 e. The number of hydrogen-bond acceptors (Lipinski definition) is 4. The number of esters is 1. The highest BCUT2D eigenvalue weighted by Crippen LogP contribution is 2.36. The van der Waals surface area contributed by atoms with Gasteiger partial charge in [-0.2, -0.15) is 0 Å². The third-order valence-corrected chi connectivity index (χ3v) is 3.81. The Balaban J connectivity index is 2.33. The summed E-state index contributed by atoms with van der Waals surface area (Å²) in [4.78, 5) is 11.7. The summed E-state index contributed by atoms with van der Waals surface area (Å²) >= 11 is 0. The highest BCUT2D eigenvalue weighted by atomic mass is 16.5. The van der Waals surface area contributed by atoms with Crippen LogP contribution in [0.5, 0.6) is 0 Å². The van der Waals surface area contributed by atoms with Crippen molar-refractivity contribution in [2.24, 2.45) is 5.41 Å². The Hall–Kier alpha value is -0.610. The summed E-state index contributed by atoms with van der Waals surface area (Å²) in [7, 11) is 0. The van der Waals surface area contributed by atoms with Crippen LogP contribution in [-0.2, 0) is 14.3 Å². The average molecular weight is 271 g/mol. The van der Waals surface area contributed by atoms with Crippen molar-refractivity contribution < 1.29 is 14.3 Å². The van der Waals surface area contributed by atoms with Crippen molar-refractivity contribution >= 4 is 5.97 Å². The summed E-state index contributed by atoms with van der Waals surface area (Å²) < 4.78 is 10.9. The fourth-order valence-corrected chi connectivity index (χ4v) is 2.47. The molecule has 1 fully saturated rings. The van der Waals surface area contributed by atoms with Crippen molar-refractivity contribution in [3.63, 3.8) is 0 Å². The van der Waals surface area contributed by atoms with Crippen LogP contribution in [-0.4, -0.2) is 37.9 Å². The molecule has 1 N–H and O–H groups in total. The van der Waals surface area contributed by atoms with E-state index in [0.29, 0.717) is 24.7 Å². The van der Waals surface area contributed by atoms with Gasteiger partial charge in [-0.3, -0.25) is 4.79 Å². The summed E-state index contributed by atoms with van der Waals surface area (Å²) in [6, 6.07) is -0.333. The van der Waals surface area contributed by atoms with E-state index in [9.17, 15) is 4.79 Å². The van der Waals surface area contributed by atoms with Gasteiger partial charge in [0, 0.05) is 0 Å². The van der Waals surface area contributed by atoms with Crippen LogP contribution in [0.3, 0.4) is 0 Å². The van der Waals surface area contributed by atoms with E-state index >= 15 is 0 Å². The molecule has 1 unspecified atom stereocenters. The Labute approximate surface area is 117 Å².